The van der Waals surface area contributed by atoms with E-state index in [0.29, 0.717) is 0 Å². The molecule has 0 aliphatic heterocycles. The summed E-state index contributed by atoms with van der Waals surface area (Å²) in [6, 6.07) is 10.6. The Morgan fingerprint density at radius 3 is 2.47 bits per heavy atom. The Bertz CT molecular complexity index is 344. The van der Waals surface area contributed by atoms with Gasteiger partial charge >= 0.3 is 0 Å². The molecule has 0 radical (unpaired) electrons. The molecule has 17 heavy (non-hydrogen) atoms. The van der Waals surface area contributed by atoms with Gasteiger partial charge in [0.05, 0.1) is 0 Å². The summed E-state index contributed by atoms with van der Waals surface area (Å²) >= 11 is 9.06. The van der Waals surface area contributed by atoms with Gasteiger partial charge in [0.2, 0.25) is 0 Å². The zero-order valence-corrected chi connectivity index (χ0v) is 13.2. The van der Waals surface area contributed by atoms with E-state index >= 15 is 0 Å². The van der Waals surface area contributed by atoms with E-state index in [1.54, 1.807) is 11.8 Å². The summed E-state index contributed by atoms with van der Waals surface area (Å²) in [5.74, 6) is 1.15. The van der Waals surface area contributed by atoms with Crippen LogP contribution in [0.4, 0.5) is 0 Å². The smallest absolute Gasteiger partial charge is 0.105 e. The number of unbranched alkanes of at least 4 members (excludes halogenated alkanes) is 1. The van der Waals surface area contributed by atoms with Crippen LogP contribution < -0.4 is 0 Å². The van der Waals surface area contributed by atoms with Gasteiger partial charge in [0.15, 0.2) is 0 Å². The number of thioether (sulfide) groups is 2. The van der Waals surface area contributed by atoms with Crippen molar-refractivity contribution in [1.29, 1.82) is 0 Å². The molecule has 0 saturated carbocycles. The van der Waals surface area contributed by atoms with E-state index in [9.17, 15) is 0 Å². The molecule has 0 N–H and O–H groups in total. The van der Waals surface area contributed by atoms with Crippen molar-refractivity contribution in [2.75, 3.05) is 5.75 Å². The van der Waals surface area contributed by atoms with Gasteiger partial charge < -0.3 is 0 Å². The number of thiocarbonyl (C=S) groups is 1. The standard InChI is InChI=1S/C14H20S3/c1-4-5-11-16-13(15)17-14(2,3)12-9-7-6-8-10-12/h6-10H,4-5,11H2,1-3H3. The number of benzene rings is 1. The average molecular weight is 285 g/mol. The van der Waals surface area contributed by atoms with E-state index in [1.807, 2.05) is 11.8 Å². The number of hydrogen-bond donors (Lipinski definition) is 0. The summed E-state index contributed by atoms with van der Waals surface area (Å²) in [4.78, 5) is 0. The molecule has 1 rings (SSSR count). The maximum absolute atomic E-state index is 5.44. The van der Waals surface area contributed by atoms with Gasteiger partial charge in [0, 0.05) is 4.75 Å². The maximum Gasteiger partial charge on any atom is 0.105 e. The first-order valence-electron chi connectivity index (χ1n) is 5.97. The first kappa shape index (κ1) is 15.1. The highest BCUT2D eigenvalue weighted by molar-refractivity contribution is 8.47. The predicted molar refractivity (Wildman–Crippen MR) is 87.0 cm³/mol. The second-order valence-electron chi connectivity index (χ2n) is 4.43. The van der Waals surface area contributed by atoms with Crippen LogP contribution in [0.1, 0.15) is 39.2 Å². The molecule has 0 aromatic heterocycles. The van der Waals surface area contributed by atoms with Crippen LogP contribution in [0, 0.1) is 0 Å². The van der Waals surface area contributed by atoms with Gasteiger partial charge in [-0.2, -0.15) is 0 Å². The molecule has 0 aliphatic rings. The Labute approximate surface area is 119 Å². The lowest BCUT2D eigenvalue weighted by atomic mass is 10.0. The first-order chi connectivity index (χ1) is 8.06. The summed E-state index contributed by atoms with van der Waals surface area (Å²) in [7, 11) is 0. The van der Waals surface area contributed by atoms with E-state index in [2.05, 4.69) is 51.1 Å². The van der Waals surface area contributed by atoms with Crippen molar-refractivity contribution >= 4 is 39.3 Å². The van der Waals surface area contributed by atoms with Gasteiger partial charge in [-0.25, -0.2) is 0 Å². The van der Waals surface area contributed by atoms with Crippen LogP contribution in [0.5, 0.6) is 0 Å². The molecule has 0 saturated heterocycles. The number of rotatable bonds is 5. The minimum atomic E-state index is 0.0670. The van der Waals surface area contributed by atoms with Crippen molar-refractivity contribution in [3.05, 3.63) is 35.9 Å². The fourth-order valence-corrected chi connectivity index (χ4v) is 4.69. The quantitative estimate of drug-likeness (QED) is 0.519. The average Bonchev–Trinajstić information content (AvgIpc) is 2.30. The zero-order valence-electron chi connectivity index (χ0n) is 10.7. The van der Waals surface area contributed by atoms with Crippen molar-refractivity contribution in [1.82, 2.24) is 0 Å². The highest BCUT2D eigenvalue weighted by atomic mass is 32.2. The van der Waals surface area contributed by atoms with Gasteiger partial charge in [-0.3, -0.25) is 0 Å². The minimum Gasteiger partial charge on any atom is -0.108 e. The fourth-order valence-electron chi connectivity index (χ4n) is 1.44. The molecule has 0 spiro atoms. The van der Waals surface area contributed by atoms with E-state index < -0.39 is 0 Å². The zero-order chi connectivity index (χ0) is 12.7. The molecule has 0 unspecified atom stereocenters. The van der Waals surface area contributed by atoms with E-state index in [0.717, 1.165) is 9.28 Å². The molecular formula is C14H20S3. The van der Waals surface area contributed by atoms with E-state index in [4.69, 9.17) is 12.2 Å². The lowest BCUT2D eigenvalue weighted by Gasteiger charge is -2.24. The Morgan fingerprint density at radius 2 is 1.88 bits per heavy atom. The summed E-state index contributed by atoms with van der Waals surface area (Å²) in [5, 5.41) is 0. The molecule has 0 bridgehead atoms. The van der Waals surface area contributed by atoms with E-state index in [1.165, 1.54) is 18.4 Å². The predicted octanol–water partition coefficient (Wildman–Crippen LogP) is 5.47. The maximum atomic E-state index is 5.44. The first-order valence-corrected chi connectivity index (χ1v) is 8.18. The van der Waals surface area contributed by atoms with Crippen molar-refractivity contribution in [2.24, 2.45) is 0 Å². The molecule has 0 heterocycles. The minimum absolute atomic E-state index is 0.0670. The van der Waals surface area contributed by atoms with Crippen LogP contribution in [-0.4, -0.2) is 9.28 Å². The summed E-state index contributed by atoms with van der Waals surface area (Å²) in [6.07, 6.45) is 2.49. The molecule has 94 valence electrons. The third-order valence-electron chi connectivity index (χ3n) is 2.53. The molecule has 0 atom stereocenters. The Balaban J connectivity index is 2.52. The Morgan fingerprint density at radius 1 is 1.24 bits per heavy atom. The summed E-state index contributed by atoms with van der Waals surface area (Å²) < 4.78 is 1.13. The lowest BCUT2D eigenvalue weighted by molar-refractivity contribution is 0.788. The van der Waals surface area contributed by atoms with Crippen LogP contribution in [-0.2, 0) is 4.75 Å². The fraction of sp³-hybridized carbons (Fsp3) is 0.500. The molecule has 1 aromatic carbocycles. The van der Waals surface area contributed by atoms with Gasteiger partial charge in [-0.05, 0) is 31.6 Å². The SMILES string of the molecule is CCCCSC(=S)SC(C)(C)c1ccccc1. The molecule has 0 amide bonds. The Hall–Kier alpha value is 0.01000. The van der Waals surface area contributed by atoms with Crippen LogP contribution in [0.25, 0.3) is 0 Å². The molecule has 0 aliphatic carbocycles. The third-order valence-corrected chi connectivity index (χ3v) is 5.37. The van der Waals surface area contributed by atoms with Crippen molar-refractivity contribution in [3.63, 3.8) is 0 Å². The third kappa shape index (κ3) is 5.45. The molecule has 1 aromatic rings. The highest BCUT2D eigenvalue weighted by Gasteiger charge is 2.22. The molecule has 0 nitrogen and oxygen atoms in total. The van der Waals surface area contributed by atoms with Crippen LogP contribution in [0.3, 0.4) is 0 Å². The van der Waals surface area contributed by atoms with Gasteiger partial charge in [-0.15, -0.1) is 11.8 Å². The number of hydrogen-bond acceptors (Lipinski definition) is 3. The van der Waals surface area contributed by atoms with Crippen LogP contribution >= 0.6 is 35.7 Å². The van der Waals surface area contributed by atoms with E-state index in [-0.39, 0.29) is 4.75 Å². The summed E-state index contributed by atoms with van der Waals surface area (Å²) in [6.45, 7) is 6.68. The molecular weight excluding hydrogens is 264 g/mol. The van der Waals surface area contributed by atoms with Gasteiger partial charge in [0.25, 0.3) is 0 Å². The highest BCUT2D eigenvalue weighted by Crippen LogP contribution is 2.39. The molecule has 3 heteroatoms. The van der Waals surface area contributed by atoms with Gasteiger partial charge in [-0.1, -0.05) is 67.7 Å². The monoisotopic (exact) mass is 284 g/mol. The normalized spacial score (nSPS) is 11.5. The lowest BCUT2D eigenvalue weighted by Crippen LogP contribution is -2.13. The van der Waals surface area contributed by atoms with Crippen molar-refractivity contribution in [3.8, 4) is 0 Å². The van der Waals surface area contributed by atoms with Crippen molar-refractivity contribution < 1.29 is 0 Å². The summed E-state index contributed by atoms with van der Waals surface area (Å²) in [5.41, 5.74) is 1.34. The second-order valence-corrected chi connectivity index (χ2v) is 8.35. The van der Waals surface area contributed by atoms with Crippen molar-refractivity contribution in [2.45, 2.75) is 38.4 Å². The topological polar surface area (TPSA) is 0 Å². The second kappa shape index (κ2) is 7.45. The van der Waals surface area contributed by atoms with Gasteiger partial charge in [0.1, 0.15) is 3.53 Å². The largest absolute Gasteiger partial charge is 0.108 e. The molecule has 0 fully saturated rings. The Kier molecular flexibility index (Phi) is 6.60. The van der Waals surface area contributed by atoms with Crippen LogP contribution in [0.2, 0.25) is 0 Å². The van der Waals surface area contributed by atoms with Crippen LogP contribution in [0.15, 0.2) is 30.3 Å².